The van der Waals surface area contributed by atoms with E-state index in [4.69, 9.17) is 14.4 Å². The lowest BCUT2D eigenvalue weighted by atomic mass is 9.82. The minimum Gasteiger partial charge on any atom is -0.456 e. The van der Waals surface area contributed by atoms with E-state index in [1.807, 2.05) is 36.4 Å². The van der Waals surface area contributed by atoms with Crippen molar-refractivity contribution in [2.45, 2.75) is 19.3 Å². The molecule has 0 spiro atoms. The molecule has 2 heterocycles. The third-order valence-corrected chi connectivity index (χ3v) is 9.50. The maximum absolute atomic E-state index is 6.55. The molecule has 3 nitrogen and oxygen atoms in total. The van der Waals surface area contributed by atoms with Gasteiger partial charge in [-0.15, -0.1) is 0 Å². The normalized spacial score (nSPS) is 13.2. The van der Waals surface area contributed by atoms with Crippen molar-refractivity contribution in [3.05, 3.63) is 157 Å². The number of furan rings is 1. The lowest BCUT2D eigenvalue weighted by molar-refractivity contribution is 0.647. The van der Waals surface area contributed by atoms with Gasteiger partial charge in [-0.1, -0.05) is 129 Å². The zero-order chi connectivity index (χ0) is 30.8. The number of fused-ring (bicyclic) bond motifs is 6. The molecule has 9 rings (SSSR count). The van der Waals surface area contributed by atoms with E-state index < -0.39 is 0 Å². The third kappa shape index (κ3) is 4.13. The van der Waals surface area contributed by atoms with Crippen LogP contribution in [0.3, 0.4) is 0 Å². The Labute approximate surface area is 267 Å². The molecule has 6 aromatic carbocycles. The summed E-state index contributed by atoms with van der Waals surface area (Å²) < 4.78 is 6.55. The highest BCUT2D eigenvalue weighted by Gasteiger charge is 2.36. The summed E-state index contributed by atoms with van der Waals surface area (Å²) >= 11 is 0. The van der Waals surface area contributed by atoms with Crippen LogP contribution in [0.15, 0.2) is 150 Å². The summed E-state index contributed by atoms with van der Waals surface area (Å²) in [5.41, 5.74) is 14.1. The van der Waals surface area contributed by atoms with Gasteiger partial charge in [-0.25, -0.2) is 9.97 Å². The van der Waals surface area contributed by atoms with Crippen LogP contribution in [0.25, 0.3) is 78.1 Å². The summed E-state index contributed by atoms with van der Waals surface area (Å²) in [4.78, 5) is 10.2. The van der Waals surface area contributed by atoms with E-state index in [9.17, 15) is 0 Å². The van der Waals surface area contributed by atoms with Crippen LogP contribution in [0.4, 0.5) is 0 Å². The quantitative estimate of drug-likeness (QED) is 0.205. The molecule has 0 radical (unpaired) electrons. The second-order valence-electron chi connectivity index (χ2n) is 12.6. The molecule has 218 valence electrons. The Morgan fingerprint density at radius 1 is 0.457 bits per heavy atom. The maximum Gasteiger partial charge on any atom is 0.160 e. The molecule has 0 fully saturated rings. The fourth-order valence-corrected chi connectivity index (χ4v) is 7.18. The lowest BCUT2D eigenvalue weighted by Crippen LogP contribution is -2.14. The highest BCUT2D eigenvalue weighted by molar-refractivity contribution is 6.14. The Morgan fingerprint density at radius 3 is 1.80 bits per heavy atom. The second kappa shape index (κ2) is 10.1. The van der Waals surface area contributed by atoms with Crippen molar-refractivity contribution in [3.63, 3.8) is 0 Å². The number of hydrogen-bond acceptors (Lipinski definition) is 3. The van der Waals surface area contributed by atoms with Crippen LogP contribution in [0.5, 0.6) is 0 Å². The van der Waals surface area contributed by atoms with Crippen LogP contribution >= 0.6 is 0 Å². The molecule has 0 bridgehead atoms. The smallest absolute Gasteiger partial charge is 0.160 e. The van der Waals surface area contributed by atoms with Crippen LogP contribution in [0.2, 0.25) is 0 Å². The molecule has 0 saturated heterocycles. The zero-order valence-electron chi connectivity index (χ0n) is 25.7. The fraction of sp³-hybridized carbons (Fsp3) is 0.0698. The molecule has 2 aromatic heterocycles. The molecule has 0 N–H and O–H groups in total. The molecule has 0 atom stereocenters. The Balaban J connectivity index is 1.22. The van der Waals surface area contributed by atoms with E-state index in [1.54, 1.807) is 0 Å². The van der Waals surface area contributed by atoms with E-state index in [2.05, 4.69) is 123 Å². The van der Waals surface area contributed by atoms with Crippen molar-refractivity contribution in [1.29, 1.82) is 0 Å². The first-order chi connectivity index (χ1) is 22.5. The lowest BCUT2D eigenvalue weighted by Gasteiger charge is -2.21. The standard InChI is InChI=1S/C43H30N2O/c1-43(2)35-21-10-9-19-32(35)33-24-34-40(25-36(33)43)46-39-22-12-20-31(41(34)39)29-17-11-18-30(23-29)42-44-37(27-13-5-3-6-14-27)26-38(45-42)28-15-7-4-8-16-28/h3-26H,1-2H3. The molecule has 46 heavy (non-hydrogen) atoms. The van der Waals surface area contributed by atoms with Gasteiger partial charge < -0.3 is 4.42 Å². The van der Waals surface area contributed by atoms with Gasteiger partial charge in [0, 0.05) is 32.9 Å². The summed E-state index contributed by atoms with van der Waals surface area (Å²) in [6, 6.07) is 51.0. The van der Waals surface area contributed by atoms with Gasteiger partial charge in [0.1, 0.15) is 11.2 Å². The average molecular weight is 591 g/mol. The summed E-state index contributed by atoms with van der Waals surface area (Å²) in [5.74, 6) is 0.697. The highest BCUT2D eigenvalue weighted by Crippen LogP contribution is 2.51. The van der Waals surface area contributed by atoms with Crippen LogP contribution in [0.1, 0.15) is 25.0 Å². The molecule has 0 saturated carbocycles. The Kier molecular flexibility index (Phi) is 5.85. The third-order valence-electron chi connectivity index (χ3n) is 9.50. The molecule has 1 aliphatic carbocycles. The van der Waals surface area contributed by atoms with Crippen molar-refractivity contribution in [3.8, 4) is 56.2 Å². The van der Waals surface area contributed by atoms with Gasteiger partial charge in [0.15, 0.2) is 5.82 Å². The molecule has 1 aliphatic rings. The largest absolute Gasteiger partial charge is 0.456 e. The molecule has 0 unspecified atom stereocenters. The van der Waals surface area contributed by atoms with Gasteiger partial charge in [0.05, 0.1) is 11.4 Å². The fourth-order valence-electron chi connectivity index (χ4n) is 7.18. The van der Waals surface area contributed by atoms with E-state index in [0.29, 0.717) is 5.82 Å². The monoisotopic (exact) mass is 590 g/mol. The first kappa shape index (κ1) is 26.6. The summed E-state index contributed by atoms with van der Waals surface area (Å²) in [7, 11) is 0. The second-order valence-corrected chi connectivity index (χ2v) is 12.6. The molecule has 0 amide bonds. The SMILES string of the molecule is CC1(C)c2ccccc2-c2cc3c(cc21)oc1cccc(-c2cccc(-c4nc(-c5ccccc5)cc(-c5ccccc5)n4)c2)c13. The molecule has 0 aliphatic heterocycles. The van der Waals surface area contributed by atoms with Gasteiger partial charge in [0.2, 0.25) is 0 Å². The van der Waals surface area contributed by atoms with E-state index in [1.165, 1.54) is 22.3 Å². The van der Waals surface area contributed by atoms with Crippen molar-refractivity contribution < 1.29 is 4.42 Å². The van der Waals surface area contributed by atoms with Crippen LogP contribution < -0.4 is 0 Å². The van der Waals surface area contributed by atoms with Gasteiger partial charge in [-0.2, -0.15) is 0 Å². The average Bonchev–Trinajstić information content (AvgIpc) is 3.59. The minimum atomic E-state index is -0.0802. The van der Waals surface area contributed by atoms with E-state index >= 15 is 0 Å². The molecular formula is C43H30N2O. The van der Waals surface area contributed by atoms with Crippen molar-refractivity contribution >= 4 is 21.9 Å². The number of hydrogen-bond donors (Lipinski definition) is 0. The maximum atomic E-state index is 6.55. The molecule has 3 heteroatoms. The van der Waals surface area contributed by atoms with Gasteiger partial charge >= 0.3 is 0 Å². The minimum absolute atomic E-state index is 0.0802. The number of aromatic nitrogens is 2. The van der Waals surface area contributed by atoms with E-state index in [-0.39, 0.29) is 5.41 Å². The first-order valence-corrected chi connectivity index (χ1v) is 15.7. The topological polar surface area (TPSA) is 38.9 Å². The van der Waals surface area contributed by atoms with Crippen molar-refractivity contribution in [1.82, 2.24) is 9.97 Å². The molecular weight excluding hydrogens is 560 g/mol. The van der Waals surface area contributed by atoms with Crippen molar-refractivity contribution in [2.24, 2.45) is 0 Å². The Bertz CT molecular complexity index is 2380. The Morgan fingerprint density at radius 2 is 1.07 bits per heavy atom. The highest BCUT2D eigenvalue weighted by atomic mass is 16.3. The number of benzene rings is 6. The van der Waals surface area contributed by atoms with Crippen LogP contribution in [0, 0.1) is 0 Å². The predicted molar refractivity (Wildman–Crippen MR) is 189 cm³/mol. The molecule has 8 aromatic rings. The van der Waals surface area contributed by atoms with E-state index in [0.717, 1.165) is 61.1 Å². The van der Waals surface area contributed by atoms with Crippen molar-refractivity contribution in [2.75, 3.05) is 0 Å². The summed E-state index contributed by atoms with van der Waals surface area (Å²) in [5, 5.41) is 2.26. The van der Waals surface area contributed by atoms with Gasteiger partial charge in [-0.3, -0.25) is 0 Å². The van der Waals surface area contributed by atoms with Crippen LogP contribution in [-0.4, -0.2) is 9.97 Å². The number of rotatable bonds is 4. The van der Waals surface area contributed by atoms with Gasteiger partial charge in [0.25, 0.3) is 0 Å². The number of nitrogens with zero attached hydrogens (tertiary/aromatic N) is 2. The zero-order valence-corrected chi connectivity index (χ0v) is 25.7. The summed E-state index contributed by atoms with van der Waals surface area (Å²) in [6.45, 7) is 4.61. The Hall–Kier alpha value is -5.80. The summed E-state index contributed by atoms with van der Waals surface area (Å²) in [6.07, 6.45) is 0. The first-order valence-electron chi connectivity index (χ1n) is 15.7. The van der Waals surface area contributed by atoms with Crippen LogP contribution in [-0.2, 0) is 5.41 Å². The van der Waals surface area contributed by atoms with Gasteiger partial charge in [-0.05, 0) is 63.7 Å². The predicted octanol–water partition coefficient (Wildman–Crippen LogP) is 11.4.